The molecule has 0 aliphatic heterocycles. The molecule has 0 radical (unpaired) electrons. The van der Waals surface area contributed by atoms with Crippen LogP contribution in [0.15, 0.2) is 0 Å². The molecule has 84 valence electrons. The molecule has 0 spiro atoms. The summed E-state index contributed by atoms with van der Waals surface area (Å²) < 4.78 is 0. The molecule has 0 heterocycles. The Morgan fingerprint density at radius 2 is 1.14 bits per heavy atom. The summed E-state index contributed by atoms with van der Waals surface area (Å²) in [6.45, 7) is 16.9. The summed E-state index contributed by atoms with van der Waals surface area (Å²) in [5.74, 6) is 6.46. The van der Waals surface area contributed by atoms with E-state index in [1.165, 1.54) is 0 Å². The normalized spacial score (nSPS) is 40.1. The fourth-order valence-electron chi connectivity index (χ4n) is 3.94. The molecular formula is C14H28. The lowest BCUT2D eigenvalue weighted by molar-refractivity contribution is -0.0704. The smallest absolute Gasteiger partial charge is 0.0329 e. The minimum absolute atomic E-state index is 0.845. The van der Waals surface area contributed by atoms with Gasteiger partial charge in [-0.15, -0.1) is 0 Å². The Hall–Kier alpha value is 0. The van der Waals surface area contributed by atoms with Crippen molar-refractivity contribution >= 4 is 0 Å². The molecule has 1 rings (SSSR count). The van der Waals surface area contributed by atoms with E-state index in [9.17, 15) is 0 Å². The van der Waals surface area contributed by atoms with E-state index in [4.69, 9.17) is 0 Å². The molecule has 14 heavy (non-hydrogen) atoms. The van der Waals surface area contributed by atoms with Crippen molar-refractivity contribution in [3.63, 3.8) is 0 Å². The molecule has 0 bridgehead atoms. The van der Waals surface area contributed by atoms with Gasteiger partial charge in [0, 0.05) is 0 Å². The van der Waals surface area contributed by atoms with E-state index < -0.39 is 0 Å². The SMILES string of the molecule is CC(C)C(C)C1C(C)C(C(C)C)C1C. The number of rotatable bonds is 3. The average Bonchev–Trinajstić information content (AvgIpc) is 2.03. The fraction of sp³-hybridized carbons (Fsp3) is 1.00. The van der Waals surface area contributed by atoms with Gasteiger partial charge < -0.3 is 0 Å². The Kier molecular flexibility index (Phi) is 3.66. The zero-order valence-corrected chi connectivity index (χ0v) is 11.0. The van der Waals surface area contributed by atoms with Crippen LogP contribution >= 0.6 is 0 Å². The lowest BCUT2D eigenvalue weighted by atomic mass is 9.50. The van der Waals surface area contributed by atoms with Gasteiger partial charge in [0.25, 0.3) is 0 Å². The molecule has 0 nitrogen and oxygen atoms in total. The highest BCUT2D eigenvalue weighted by Gasteiger charge is 2.48. The van der Waals surface area contributed by atoms with Crippen LogP contribution in [0.3, 0.4) is 0 Å². The van der Waals surface area contributed by atoms with Crippen molar-refractivity contribution in [2.45, 2.75) is 48.5 Å². The molecule has 1 aliphatic carbocycles. The monoisotopic (exact) mass is 196 g/mol. The third-order valence-electron chi connectivity index (χ3n) is 4.86. The molecule has 1 fully saturated rings. The predicted molar refractivity (Wildman–Crippen MR) is 64.1 cm³/mol. The molecule has 1 aliphatic rings. The lowest BCUT2D eigenvalue weighted by Gasteiger charge is -2.55. The summed E-state index contributed by atoms with van der Waals surface area (Å²) in [5, 5.41) is 0. The van der Waals surface area contributed by atoms with Crippen molar-refractivity contribution in [3.05, 3.63) is 0 Å². The van der Waals surface area contributed by atoms with E-state index in [1.807, 2.05) is 0 Å². The second-order valence-corrected chi connectivity index (χ2v) is 6.22. The molecule has 0 aromatic rings. The highest BCUT2D eigenvalue weighted by Crippen LogP contribution is 2.53. The highest BCUT2D eigenvalue weighted by atomic mass is 14.5. The van der Waals surface area contributed by atoms with Crippen LogP contribution in [0.25, 0.3) is 0 Å². The Labute approximate surface area is 90.5 Å². The Morgan fingerprint density at radius 1 is 0.714 bits per heavy atom. The molecule has 3 unspecified atom stereocenters. The van der Waals surface area contributed by atoms with E-state index in [1.54, 1.807) is 0 Å². The second kappa shape index (κ2) is 4.24. The van der Waals surface area contributed by atoms with Crippen LogP contribution in [-0.2, 0) is 0 Å². The van der Waals surface area contributed by atoms with Gasteiger partial charge in [0.15, 0.2) is 0 Å². The first-order valence-electron chi connectivity index (χ1n) is 6.37. The molecule has 3 atom stereocenters. The van der Waals surface area contributed by atoms with Crippen LogP contribution in [0.1, 0.15) is 48.5 Å². The lowest BCUT2D eigenvalue weighted by Crippen LogP contribution is -2.50. The maximum Gasteiger partial charge on any atom is -0.0329 e. The molecule has 0 heteroatoms. The predicted octanol–water partition coefficient (Wildman–Crippen LogP) is 4.45. The highest BCUT2D eigenvalue weighted by molar-refractivity contribution is 4.96. The third kappa shape index (κ3) is 1.85. The minimum atomic E-state index is 0.845. The molecule has 0 aromatic heterocycles. The van der Waals surface area contributed by atoms with Gasteiger partial charge in [0.2, 0.25) is 0 Å². The van der Waals surface area contributed by atoms with Crippen LogP contribution in [0, 0.1) is 41.4 Å². The van der Waals surface area contributed by atoms with Crippen LogP contribution in [0.5, 0.6) is 0 Å². The first-order chi connectivity index (χ1) is 6.37. The van der Waals surface area contributed by atoms with Gasteiger partial charge in [-0.1, -0.05) is 48.5 Å². The number of hydrogen-bond acceptors (Lipinski definition) is 0. The van der Waals surface area contributed by atoms with E-state index in [0.29, 0.717) is 0 Å². The van der Waals surface area contributed by atoms with E-state index >= 15 is 0 Å². The van der Waals surface area contributed by atoms with Crippen molar-refractivity contribution in [1.29, 1.82) is 0 Å². The third-order valence-corrected chi connectivity index (χ3v) is 4.86. The van der Waals surface area contributed by atoms with Gasteiger partial charge >= 0.3 is 0 Å². The van der Waals surface area contributed by atoms with Gasteiger partial charge in [-0.25, -0.2) is 0 Å². The molecule has 0 N–H and O–H groups in total. The zero-order chi connectivity index (χ0) is 11.0. The largest absolute Gasteiger partial charge is 0.0625 e. The van der Waals surface area contributed by atoms with Gasteiger partial charge in [-0.05, 0) is 41.4 Å². The first-order valence-corrected chi connectivity index (χ1v) is 6.37. The standard InChI is InChI=1S/C14H28/c1-8(2)10(5)14-11(6)13(9(3)4)12(14)7/h8-14H,1-7H3. The second-order valence-electron chi connectivity index (χ2n) is 6.22. The van der Waals surface area contributed by atoms with Crippen LogP contribution in [-0.4, -0.2) is 0 Å². The number of hydrogen-bond donors (Lipinski definition) is 0. The van der Waals surface area contributed by atoms with E-state index in [0.717, 1.165) is 41.4 Å². The van der Waals surface area contributed by atoms with Crippen LogP contribution in [0.2, 0.25) is 0 Å². The maximum atomic E-state index is 2.47. The Morgan fingerprint density at radius 3 is 1.43 bits per heavy atom. The van der Waals surface area contributed by atoms with Crippen molar-refractivity contribution in [1.82, 2.24) is 0 Å². The van der Waals surface area contributed by atoms with Gasteiger partial charge in [-0.3, -0.25) is 0 Å². The first kappa shape index (κ1) is 12.1. The van der Waals surface area contributed by atoms with Crippen molar-refractivity contribution in [2.75, 3.05) is 0 Å². The van der Waals surface area contributed by atoms with Gasteiger partial charge in [-0.2, -0.15) is 0 Å². The van der Waals surface area contributed by atoms with Gasteiger partial charge in [0.05, 0.1) is 0 Å². The Bertz CT molecular complexity index is 170. The summed E-state index contributed by atoms with van der Waals surface area (Å²) in [6.07, 6.45) is 0. The molecule has 0 aromatic carbocycles. The Balaban J connectivity index is 2.60. The molecule has 0 saturated heterocycles. The van der Waals surface area contributed by atoms with Crippen LogP contribution < -0.4 is 0 Å². The van der Waals surface area contributed by atoms with Crippen molar-refractivity contribution < 1.29 is 0 Å². The molecule has 0 amide bonds. The van der Waals surface area contributed by atoms with Gasteiger partial charge in [0.1, 0.15) is 0 Å². The summed E-state index contributed by atoms with van der Waals surface area (Å²) in [7, 11) is 0. The zero-order valence-electron chi connectivity index (χ0n) is 11.0. The average molecular weight is 196 g/mol. The maximum absolute atomic E-state index is 2.47. The molecular weight excluding hydrogens is 168 g/mol. The topological polar surface area (TPSA) is 0 Å². The summed E-state index contributed by atoms with van der Waals surface area (Å²) >= 11 is 0. The van der Waals surface area contributed by atoms with E-state index in [-0.39, 0.29) is 0 Å². The fourth-order valence-corrected chi connectivity index (χ4v) is 3.94. The van der Waals surface area contributed by atoms with E-state index in [2.05, 4.69) is 48.5 Å². The van der Waals surface area contributed by atoms with Crippen molar-refractivity contribution in [2.24, 2.45) is 41.4 Å². The van der Waals surface area contributed by atoms with Crippen LogP contribution in [0.4, 0.5) is 0 Å². The quantitative estimate of drug-likeness (QED) is 0.625. The summed E-state index contributed by atoms with van der Waals surface area (Å²) in [4.78, 5) is 0. The molecule has 1 saturated carbocycles. The minimum Gasteiger partial charge on any atom is -0.0625 e. The summed E-state index contributed by atoms with van der Waals surface area (Å²) in [6, 6.07) is 0. The van der Waals surface area contributed by atoms with Crippen molar-refractivity contribution in [3.8, 4) is 0 Å². The summed E-state index contributed by atoms with van der Waals surface area (Å²) in [5.41, 5.74) is 0.